The summed E-state index contributed by atoms with van der Waals surface area (Å²) in [6.07, 6.45) is -5.05. The van der Waals surface area contributed by atoms with E-state index < -0.39 is 80.4 Å². The van der Waals surface area contributed by atoms with Crippen molar-refractivity contribution in [2.45, 2.75) is 88.0 Å². The van der Waals surface area contributed by atoms with Crippen LogP contribution < -0.4 is 22.1 Å². The van der Waals surface area contributed by atoms with Crippen molar-refractivity contribution in [1.82, 2.24) is 60.1 Å². The Labute approximate surface area is 448 Å². The lowest BCUT2D eigenvalue weighted by atomic mass is 9.74. The second kappa shape index (κ2) is 22.0. The summed E-state index contributed by atoms with van der Waals surface area (Å²) in [5, 5.41) is 30.0. The highest BCUT2D eigenvalue weighted by Crippen LogP contribution is 2.41. The Morgan fingerprint density at radius 2 is 1.05 bits per heavy atom. The van der Waals surface area contributed by atoms with Crippen molar-refractivity contribution in [3.8, 4) is 0 Å². The van der Waals surface area contributed by atoms with Gasteiger partial charge in [0.1, 0.15) is 34.9 Å². The predicted molar refractivity (Wildman–Crippen MR) is 269 cm³/mol. The maximum absolute atomic E-state index is 14.7. The van der Waals surface area contributed by atoms with Gasteiger partial charge >= 0.3 is 23.9 Å². The average molecular weight is 1120 g/mol. The fourth-order valence-electron chi connectivity index (χ4n) is 9.81. The number of alkyl halides is 6. The molecule has 8 heterocycles. The van der Waals surface area contributed by atoms with E-state index in [1.54, 1.807) is 42.7 Å². The molecule has 420 valence electrons. The molecule has 0 radical (unpaired) electrons. The van der Waals surface area contributed by atoms with Gasteiger partial charge in [-0.3, -0.25) is 14.7 Å². The van der Waals surface area contributed by atoms with Crippen LogP contribution in [-0.4, -0.2) is 98.1 Å². The van der Waals surface area contributed by atoms with E-state index in [4.69, 9.17) is 13.8 Å². The monoisotopic (exact) mass is 1120 g/mol. The van der Waals surface area contributed by atoms with Gasteiger partial charge < -0.3 is 29.3 Å². The molecule has 2 aromatic carbocycles. The number of halogens is 8. The molecule has 10 rings (SSSR count). The van der Waals surface area contributed by atoms with E-state index in [1.165, 1.54) is 9.80 Å². The molecule has 2 fully saturated rings. The third-order valence-corrected chi connectivity index (χ3v) is 13.8. The number of pyridine rings is 2. The van der Waals surface area contributed by atoms with E-state index in [-0.39, 0.29) is 75.6 Å². The number of carbonyl (C=O) groups excluding carboxylic acids is 2. The minimum atomic E-state index is -4.93. The van der Waals surface area contributed by atoms with Gasteiger partial charge in [-0.15, -0.1) is 10.2 Å². The lowest BCUT2D eigenvalue weighted by Crippen LogP contribution is -2.46. The number of amides is 2. The quantitative estimate of drug-likeness (QED) is 0.0717. The molecule has 0 bridgehead atoms. The second-order valence-electron chi connectivity index (χ2n) is 20.2. The smallest absolute Gasteiger partial charge is 0.392 e. The number of benzene rings is 2. The fraction of sp³-hybridized carbons (Fsp3) is 0.346. The van der Waals surface area contributed by atoms with Crippen LogP contribution >= 0.6 is 0 Å². The summed E-state index contributed by atoms with van der Waals surface area (Å²) in [5.41, 5.74) is -4.99. The largest absolute Gasteiger partial charge is 0.434 e. The maximum Gasteiger partial charge on any atom is 0.434 e. The number of hydrogen-bond acceptors (Lipinski definition) is 14. The summed E-state index contributed by atoms with van der Waals surface area (Å²) in [4.78, 5) is 61.6. The molecule has 0 unspecified atom stereocenters. The van der Waals surface area contributed by atoms with Gasteiger partial charge in [-0.1, -0.05) is 24.3 Å². The van der Waals surface area contributed by atoms with Crippen molar-refractivity contribution < 1.29 is 53.5 Å². The van der Waals surface area contributed by atoms with Crippen molar-refractivity contribution in [1.29, 1.82) is 0 Å². The first-order valence-corrected chi connectivity index (χ1v) is 24.8. The van der Waals surface area contributed by atoms with E-state index in [0.717, 1.165) is 30.1 Å². The minimum absolute atomic E-state index is 0.0633. The number of carbonyl (C=O) groups is 2. The summed E-state index contributed by atoms with van der Waals surface area (Å²) < 4.78 is 121. The van der Waals surface area contributed by atoms with Crippen LogP contribution in [-0.2, 0) is 41.6 Å². The molecule has 0 spiro atoms. The fourth-order valence-corrected chi connectivity index (χ4v) is 9.81. The average Bonchev–Trinajstić information content (AvgIpc) is 4.29. The molecule has 0 atom stereocenters. The Kier molecular flexibility index (Phi) is 15.4. The molecule has 0 saturated carbocycles. The van der Waals surface area contributed by atoms with Crippen molar-refractivity contribution in [2.75, 3.05) is 36.8 Å². The van der Waals surface area contributed by atoms with Crippen LogP contribution in [0.5, 0.6) is 0 Å². The summed E-state index contributed by atoms with van der Waals surface area (Å²) >= 11 is 0. The number of likely N-dealkylation sites (tertiary alicyclic amines) is 2. The third kappa shape index (κ3) is 12.2. The molecule has 28 heteroatoms. The number of piperidine rings is 2. The molecule has 8 aromatic rings. The molecule has 20 nitrogen and oxygen atoms in total. The van der Waals surface area contributed by atoms with Gasteiger partial charge in [0.15, 0.2) is 0 Å². The van der Waals surface area contributed by atoms with Crippen LogP contribution in [0, 0.1) is 11.6 Å². The molecule has 6 aromatic heterocycles. The zero-order valence-corrected chi connectivity index (χ0v) is 42.8. The summed E-state index contributed by atoms with van der Waals surface area (Å²) in [6.45, 7) is 6.33. The highest BCUT2D eigenvalue weighted by molar-refractivity contribution is 5.95. The standard InChI is InChI=1S/C28H29F4N7O3.C24H21F4N7O3/c1-26(2,3)39-21(10-13-33-39)35-20-9-4-6-17(34-20)16-27(24-36-37-25(41)42-24)11-14-38(15-12-27)23(40)18-7-5-8-19(22(18)29)28(30,31)32;25-19-15(4-2-5-16(19)24(26,27)28)20(36)35-11-8-23(9-12-35,21-33-34-22(37)38-21)13-14-3-1-6-17(30-14)31-18-7-10-29-32-18/h4-10,13H,11-12,14-16H2,1-3H3,(H,34,35)(H,37,41);1-7,10H,8-9,11-13H2,(H,34,37)(H2,29,30,31,32). The first kappa shape index (κ1) is 55.8. The number of H-pyrrole nitrogens is 3. The topological polar surface area (TPSA) is 255 Å². The maximum atomic E-state index is 14.7. The van der Waals surface area contributed by atoms with Gasteiger partial charge in [-0.25, -0.2) is 43.2 Å². The molecule has 5 N–H and O–H groups in total. The van der Waals surface area contributed by atoms with Crippen molar-refractivity contribution in [3.05, 3.63) is 175 Å². The highest BCUT2D eigenvalue weighted by Gasteiger charge is 2.45. The first-order valence-electron chi connectivity index (χ1n) is 24.8. The number of nitrogens with zero attached hydrogens (tertiary/aromatic N) is 9. The first-order chi connectivity index (χ1) is 37.9. The number of hydrogen-bond donors (Lipinski definition) is 5. The molecular weight excluding hydrogens is 1070 g/mol. The van der Waals surface area contributed by atoms with Gasteiger partial charge in [-0.2, -0.15) is 36.5 Å². The van der Waals surface area contributed by atoms with Gasteiger partial charge in [0.05, 0.1) is 51.0 Å². The SMILES string of the molecule is CC(C)(C)n1nccc1Nc1cccc(CC2(c3n[nH]c(=O)o3)CCN(C(=O)c3cccc(C(F)(F)F)c3F)CC2)n1.O=C(c1cccc(C(F)(F)F)c1F)N1CCC(Cc2cccc(Nc3ccn[nH]3)n2)(c2n[nH]c(=O)o2)CC1. The Hall–Kier alpha value is -8.98. The van der Waals surface area contributed by atoms with E-state index in [0.29, 0.717) is 47.4 Å². The second-order valence-corrected chi connectivity index (χ2v) is 20.2. The minimum Gasteiger partial charge on any atom is -0.392 e. The highest BCUT2D eigenvalue weighted by atomic mass is 19.4. The normalized spacial score (nSPS) is 15.5. The third-order valence-electron chi connectivity index (χ3n) is 13.8. The van der Waals surface area contributed by atoms with Crippen LogP contribution in [0.25, 0.3) is 0 Å². The Morgan fingerprint density at radius 1 is 0.600 bits per heavy atom. The summed E-state index contributed by atoms with van der Waals surface area (Å²) in [6, 6.07) is 19.6. The molecule has 80 heavy (non-hydrogen) atoms. The number of rotatable bonds is 12. The number of aromatic amines is 3. The summed E-state index contributed by atoms with van der Waals surface area (Å²) in [5.74, 6) is -3.65. The van der Waals surface area contributed by atoms with Gasteiger partial charge in [0.2, 0.25) is 11.8 Å². The molecule has 2 aliphatic heterocycles. The predicted octanol–water partition coefficient (Wildman–Crippen LogP) is 8.83. The molecule has 2 amide bonds. The lowest BCUT2D eigenvalue weighted by molar-refractivity contribution is -0.140. The molecule has 2 aliphatic rings. The van der Waals surface area contributed by atoms with E-state index >= 15 is 0 Å². The van der Waals surface area contributed by atoms with Crippen LogP contribution in [0.2, 0.25) is 0 Å². The van der Waals surface area contributed by atoms with Gasteiger partial charge in [0.25, 0.3) is 11.8 Å². The molecule has 0 aliphatic carbocycles. The number of nitrogens with one attached hydrogen (secondary N) is 5. The van der Waals surface area contributed by atoms with Crippen LogP contribution in [0.3, 0.4) is 0 Å². The molecule has 2 saturated heterocycles. The Balaban J connectivity index is 0.000000195. The number of anilines is 4. The van der Waals surface area contributed by atoms with E-state index in [1.807, 2.05) is 43.7 Å². The van der Waals surface area contributed by atoms with Gasteiger partial charge in [0, 0.05) is 62.5 Å². The van der Waals surface area contributed by atoms with Crippen LogP contribution in [0.4, 0.5) is 58.4 Å². The van der Waals surface area contributed by atoms with Crippen LogP contribution in [0.1, 0.15) is 101 Å². The van der Waals surface area contributed by atoms with E-state index in [9.17, 15) is 54.3 Å². The number of aromatic nitrogens is 10. The van der Waals surface area contributed by atoms with Crippen molar-refractivity contribution >= 4 is 35.1 Å². The van der Waals surface area contributed by atoms with Crippen molar-refractivity contribution in [3.63, 3.8) is 0 Å². The lowest BCUT2D eigenvalue weighted by Gasteiger charge is -2.39. The summed E-state index contributed by atoms with van der Waals surface area (Å²) in [7, 11) is 0. The van der Waals surface area contributed by atoms with E-state index in [2.05, 4.69) is 51.3 Å². The van der Waals surface area contributed by atoms with Crippen LogP contribution in [0.15, 0.2) is 116 Å². The zero-order chi connectivity index (χ0) is 57.2. The van der Waals surface area contributed by atoms with Gasteiger partial charge in [-0.05, 0) is 95.0 Å². The van der Waals surface area contributed by atoms with Crippen molar-refractivity contribution in [2.24, 2.45) is 0 Å². The zero-order valence-electron chi connectivity index (χ0n) is 42.8. The Morgan fingerprint density at radius 3 is 1.45 bits per heavy atom. The molecular formula is C52H50F8N14O6. The Bertz CT molecular complexity index is 3600.